The van der Waals surface area contributed by atoms with E-state index in [1.165, 1.54) is 56.9 Å². The minimum Gasteiger partial charge on any atom is -0.381 e. The van der Waals surface area contributed by atoms with E-state index in [0.29, 0.717) is 34.2 Å². The van der Waals surface area contributed by atoms with Gasteiger partial charge in [0, 0.05) is 12.5 Å². The number of hydrogen-bond donors (Lipinski definition) is 0. The van der Waals surface area contributed by atoms with E-state index in [9.17, 15) is 0 Å². The van der Waals surface area contributed by atoms with Gasteiger partial charge in [0.25, 0.3) is 0 Å². The van der Waals surface area contributed by atoms with Crippen LogP contribution in [0.3, 0.4) is 0 Å². The molecule has 0 bridgehead atoms. The minimum atomic E-state index is 0.499. The lowest BCUT2D eigenvalue weighted by Crippen LogP contribution is -2.57. The van der Waals surface area contributed by atoms with Crippen LogP contribution in [0.15, 0.2) is 24.3 Å². The summed E-state index contributed by atoms with van der Waals surface area (Å²) in [5.41, 5.74) is 2.92. The number of hydrogen-bond acceptors (Lipinski definition) is 1. The highest BCUT2D eigenvalue weighted by Crippen LogP contribution is 2.82. The van der Waals surface area contributed by atoms with Crippen molar-refractivity contribution in [2.45, 2.75) is 92.1 Å². The summed E-state index contributed by atoms with van der Waals surface area (Å²) in [7, 11) is 2.02. The molecule has 1 heteroatoms. The standard InChI is InChI=1S/C29H46O/c1-18(2)19(3)8-9-20(4)23-10-11-24-22-16-26(30-7)29-17-21(29)12-15-28(29,6)25(22)13-14-27(23,24)5/h8-9,19-26H,1,10-17H2,2-7H3/b9-8+/t19-,20-,21+,22+,23-,24+,25+,26-,27-,28-,29+/m1/s1. The molecule has 0 saturated heterocycles. The van der Waals surface area contributed by atoms with Crippen molar-refractivity contribution in [3.05, 3.63) is 24.3 Å². The molecule has 5 rings (SSSR count). The molecule has 5 saturated carbocycles. The molecule has 0 aromatic carbocycles. The molecule has 1 nitrogen and oxygen atoms in total. The van der Waals surface area contributed by atoms with Crippen molar-refractivity contribution in [3.63, 3.8) is 0 Å². The molecular formula is C29H46O. The number of fused-ring (bicyclic) bond motifs is 4. The maximum absolute atomic E-state index is 6.29. The van der Waals surface area contributed by atoms with E-state index in [1.807, 2.05) is 7.11 Å². The fourth-order valence-corrected chi connectivity index (χ4v) is 10.1. The highest BCUT2D eigenvalue weighted by molar-refractivity contribution is 5.26. The lowest BCUT2D eigenvalue weighted by Gasteiger charge is -2.61. The monoisotopic (exact) mass is 410 g/mol. The smallest absolute Gasteiger partial charge is 0.0638 e. The molecule has 168 valence electrons. The van der Waals surface area contributed by atoms with Crippen molar-refractivity contribution in [1.82, 2.24) is 0 Å². The van der Waals surface area contributed by atoms with Crippen LogP contribution < -0.4 is 0 Å². The van der Waals surface area contributed by atoms with Gasteiger partial charge in [0.2, 0.25) is 0 Å². The third kappa shape index (κ3) is 2.63. The van der Waals surface area contributed by atoms with Gasteiger partial charge >= 0.3 is 0 Å². The van der Waals surface area contributed by atoms with E-state index in [-0.39, 0.29) is 0 Å². The van der Waals surface area contributed by atoms with Crippen molar-refractivity contribution < 1.29 is 4.74 Å². The van der Waals surface area contributed by atoms with Gasteiger partial charge in [-0.05, 0) is 111 Å². The third-order valence-electron chi connectivity index (χ3n) is 12.0. The van der Waals surface area contributed by atoms with Gasteiger partial charge < -0.3 is 4.74 Å². The SMILES string of the molecule is C=C(C)[C@H](C)/C=C/[C@@H](C)[C@H]1CC[C@H]2[C@@H]3C[C@@H](OC)[C@]45C[C@@H]4CC[C@]5(C)[C@H]3CC[C@]12C. The first-order valence-electron chi connectivity index (χ1n) is 13.1. The summed E-state index contributed by atoms with van der Waals surface area (Å²) in [5.74, 6) is 5.79. The van der Waals surface area contributed by atoms with E-state index < -0.39 is 0 Å². The second-order valence-electron chi connectivity index (χ2n) is 12.8. The maximum atomic E-state index is 6.29. The van der Waals surface area contributed by atoms with Crippen molar-refractivity contribution in [3.8, 4) is 0 Å². The van der Waals surface area contributed by atoms with Crippen LogP contribution in [0.1, 0.15) is 86.0 Å². The summed E-state index contributed by atoms with van der Waals surface area (Å²) in [6.45, 7) is 16.5. The van der Waals surface area contributed by atoms with Crippen LogP contribution in [-0.2, 0) is 4.74 Å². The molecule has 1 spiro atoms. The molecule has 0 aromatic heterocycles. The van der Waals surface area contributed by atoms with E-state index in [4.69, 9.17) is 4.74 Å². The molecule has 0 N–H and O–H groups in total. The van der Waals surface area contributed by atoms with Gasteiger partial charge in [-0.3, -0.25) is 0 Å². The van der Waals surface area contributed by atoms with Gasteiger partial charge in [0.15, 0.2) is 0 Å². The molecular weight excluding hydrogens is 364 g/mol. The van der Waals surface area contributed by atoms with Gasteiger partial charge in [-0.1, -0.05) is 52.0 Å². The topological polar surface area (TPSA) is 9.23 Å². The number of rotatable bonds is 5. The average molecular weight is 411 g/mol. The third-order valence-corrected chi connectivity index (χ3v) is 12.0. The first kappa shape index (κ1) is 21.3. The van der Waals surface area contributed by atoms with Crippen molar-refractivity contribution in [1.29, 1.82) is 0 Å². The molecule has 0 heterocycles. The maximum Gasteiger partial charge on any atom is 0.0638 e. The fraction of sp³-hybridized carbons (Fsp3) is 0.862. The zero-order valence-corrected chi connectivity index (χ0v) is 20.5. The molecule has 0 unspecified atom stereocenters. The van der Waals surface area contributed by atoms with Crippen molar-refractivity contribution >= 4 is 0 Å². The van der Waals surface area contributed by atoms with E-state index in [2.05, 4.69) is 53.3 Å². The number of allylic oxidation sites excluding steroid dienone is 3. The normalized spacial score (nSPS) is 53.5. The fourth-order valence-electron chi connectivity index (χ4n) is 10.1. The van der Waals surface area contributed by atoms with Gasteiger partial charge in [-0.25, -0.2) is 0 Å². The molecule has 0 aliphatic heterocycles. The Morgan fingerprint density at radius 2 is 1.80 bits per heavy atom. The highest BCUT2D eigenvalue weighted by atomic mass is 16.5. The van der Waals surface area contributed by atoms with Crippen LogP contribution >= 0.6 is 0 Å². The predicted molar refractivity (Wildman–Crippen MR) is 126 cm³/mol. The van der Waals surface area contributed by atoms with Crippen LogP contribution in [0, 0.1) is 57.7 Å². The number of methoxy groups -OCH3 is 1. The van der Waals surface area contributed by atoms with Crippen LogP contribution in [0.5, 0.6) is 0 Å². The van der Waals surface area contributed by atoms with E-state index in [1.54, 1.807) is 0 Å². The summed E-state index contributed by atoms with van der Waals surface area (Å²) in [6, 6.07) is 0. The molecule has 11 atom stereocenters. The molecule has 5 aliphatic carbocycles. The molecule has 0 radical (unpaired) electrons. The van der Waals surface area contributed by atoms with E-state index >= 15 is 0 Å². The summed E-state index contributed by atoms with van der Waals surface area (Å²) in [6.07, 6.45) is 17.1. The molecule has 30 heavy (non-hydrogen) atoms. The Morgan fingerprint density at radius 3 is 2.47 bits per heavy atom. The predicted octanol–water partition coefficient (Wildman–Crippen LogP) is 7.67. The van der Waals surface area contributed by atoms with Crippen LogP contribution in [0.25, 0.3) is 0 Å². The Bertz CT molecular complexity index is 737. The van der Waals surface area contributed by atoms with E-state index in [0.717, 1.165) is 29.6 Å². The lowest BCUT2D eigenvalue weighted by atomic mass is 9.45. The minimum absolute atomic E-state index is 0.499. The van der Waals surface area contributed by atoms with Crippen LogP contribution in [-0.4, -0.2) is 13.2 Å². The summed E-state index contributed by atoms with van der Waals surface area (Å²) >= 11 is 0. The quantitative estimate of drug-likeness (QED) is 0.422. The van der Waals surface area contributed by atoms with Gasteiger partial charge in [-0.2, -0.15) is 0 Å². The molecule has 5 fully saturated rings. The van der Waals surface area contributed by atoms with Crippen LogP contribution in [0.4, 0.5) is 0 Å². The van der Waals surface area contributed by atoms with Crippen LogP contribution in [0.2, 0.25) is 0 Å². The zero-order valence-electron chi connectivity index (χ0n) is 20.5. The Hall–Kier alpha value is -0.560. The number of ether oxygens (including phenoxy) is 1. The second-order valence-corrected chi connectivity index (χ2v) is 12.8. The zero-order chi connectivity index (χ0) is 21.5. The summed E-state index contributed by atoms with van der Waals surface area (Å²) < 4.78 is 6.29. The largest absolute Gasteiger partial charge is 0.381 e. The first-order chi connectivity index (χ1) is 14.2. The molecule has 5 aliphatic rings. The van der Waals surface area contributed by atoms with Gasteiger partial charge in [0.1, 0.15) is 0 Å². The lowest BCUT2D eigenvalue weighted by molar-refractivity contribution is -0.160. The molecule has 0 aromatic rings. The Labute approximate surface area is 186 Å². The molecule has 0 amide bonds. The Kier molecular flexibility index (Phi) is 4.95. The second kappa shape index (κ2) is 6.97. The highest BCUT2D eigenvalue weighted by Gasteiger charge is 2.77. The van der Waals surface area contributed by atoms with Crippen molar-refractivity contribution in [2.24, 2.45) is 57.7 Å². The summed E-state index contributed by atoms with van der Waals surface area (Å²) in [4.78, 5) is 0. The first-order valence-corrected chi connectivity index (χ1v) is 13.1. The Morgan fingerprint density at radius 1 is 1.03 bits per heavy atom. The van der Waals surface area contributed by atoms with Gasteiger partial charge in [-0.15, -0.1) is 0 Å². The Balaban J connectivity index is 1.39. The average Bonchev–Trinajstić information content (AvgIpc) is 3.22. The van der Waals surface area contributed by atoms with Gasteiger partial charge in [0.05, 0.1) is 6.10 Å². The van der Waals surface area contributed by atoms with Crippen molar-refractivity contribution in [2.75, 3.05) is 7.11 Å². The summed E-state index contributed by atoms with van der Waals surface area (Å²) in [5, 5.41) is 0.